The summed E-state index contributed by atoms with van der Waals surface area (Å²) in [6, 6.07) is 3.22. The van der Waals surface area contributed by atoms with Crippen molar-refractivity contribution in [2.75, 3.05) is 19.6 Å². The van der Waals surface area contributed by atoms with Gasteiger partial charge < -0.3 is 4.57 Å². The van der Waals surface area contributed by atoms with Crippen LogP contribution in [-0.4, -0.2) is 41.1 Å². The van der Waals surface area contributed by atoms with Gasteiger partial charge in [0.15, 0.2) is 5.78 Å². The van der Waals surface area contributed by atoms with Gasteiger partial charge in [-0.3, -0.25) is 14.5 Å². The van der Waals surface area contributed by atoms with Gasteiger partial charge in [-0.1, -0.05) is 0 Å². The van der Waals surface area contributed by atoms with Crippen LogP contribution in [-0.2, 0) is 6.54 Å². The number of carbonyl (C=O) groups excluding carboxylic acids is 1. The van der Waals surface area contributed by atoms with E-state index in [2.05, 4.69) is 0 Å². The van der Waals surface area contributed by atoms with Crippen molar-refractivity contribution in [3.63, 3.8) is 0 Å². The number of hydrogen-bond acceptors (Lipinski definition) is 3. The standard InChI is InChI=1S/C12H15FN2O2/c1-9(16)11-3-2-4-15(12(11)17)6-5-14-7-10(13)8-14/h2-4,10H,5-8H2,1H3. The average Bonchev–Trinajstić information content (AvgIpc) is 2.24. The smallest absolute Gasteiger partial charge is 0.261 e. The number of ketones is 1. The molecule has 0 N–H and O–H groups in total. The summed E-state index contributed by atoms with van der Waals surface area (Å²) in [5.41, 5.74) is -0.0585. The molecule has 1 aliphatic rings. The van der Waals surface area contributed by atoms with Gasteiger partial charge in [0.25, 0.3) is 5.56 Å². The Morgan fingerprint density at radius 2 is 2.18 bits per heavy atom. The summed E-state index contributed by atoms with van der Waals surface area (Å²) < 4.78 is 14.1. The molecule has 1 fully saturated rings. The molecule has 0 saturated carbocycles. The molecule has 1 aromatic heterocycles. The molecule has 1 aromatic rings. The number of rotatable bonds is 4. The number of pyridine rings is 1. The van der Waals surface area contributed by atoms with Gasteiger partial charge in [0.2, 0.25) is 0 Å². The van der Waals surface area contributed by atoms with E-state index >= 15 is 0 Å². The number of Topliss-reactive ketones (excluding diaryl/α,β-unsaturated/α-hetero) is 1. The maximum atomic E-state index is 12.6. The van der Waals surface area contributed by atoms with Crippen LogP contribution in [0.4, 0.5) is 4.39 Å². The Morgan fingerprint density at radius 3 is 2.76 bits per heavy atom. The lowest BCUT2D eigenvalue weighted by Crippen LogP contribution is -2.49. The Morgan fingerprint density at radius 1 is 1.47 bits per heavy atom. The fraction of sp³-hybridized carbons (Fsp3) is 0.500. The van der Waals surface area contributed by atoms with Crippen molar-refractivity contribution in [1.82, 2.24) is 9.47 Å². The van der Waals surface area contributed by atoms with Crippen LogP contribution in [0.5, 0.6) is 0 Å². The van der Waals surface area contributed by atoms with E-state index < -0.39 is 6.17 Å². The summed E-state index contributed by atoms with van der Waals surface area (Å²) in [5.74, 6) is -0.225. The molecule has 0 atom stereocenters. The first-order valence-electron chi connectivity index (χ1n) is 5.65. The van der Waals surface area contributed by atoms with Gasteiger partial charge in [-0.05, 0) is 19.1 Å². The molecule has 0 unspecified atom stereocenters. The SMILES string of the molecule is CC(=O)c1cccn(CCN2CC(F)C2)c1=O. The Balaban J connectivity index is 2.03. The van der Waals surface area contributed by atoms with E-state index in [1.54, 1.807) is 12.3 Å². The summed E-state index contributed by atoms with van der Waals surface area (Å²) in [6.45, 7) is 3.40. The predicted octanol–water partition coefficient (Wildman–Crippen LogP) is 0.705. The van der Waals surface area contributed by atoms with E-state index in [9.17, 15) is 14.0 Å². The van der Waals surface area contributed by atoms with E-state index in [4.69, 9.17) is 0 Å². The normalized spacial score (nSPS) is 16.8. The molecule has 17 heavy (non-hydrogen) atoms. The van der Waals surface area contributed by atoms with E-state index in [1.165, 1.54) is 17.6 Å². The summed E-state index contributed by atoms with van der Waals surface area (Å²) in [6.07, 6.45) is 0.928. The van der Waals surface area contributed by atoms with Crippen LogP contribution in [0, 0.1) is 0 Å². The number of likely N-dealkylation sites (tertiary alicyclic amines) is 1. The Bertz CT molecular complexity index is 478. The van der Waals surface area contributed by atoms with Crippen molar-refractivity contribution in [1.29, 1.82) is 0 Å². The largest absolute Gasteiger partial charge is 0.314 e. The Hall–Kier alpha value is -1.49. The second-order valence-electron chi connectivity index (χ2n) is 4.33. The van der Waals surface area contributed by atoms with Gasteiger partial charge >= 0.3 is 0 Å². The number of hydrogen-bond donors (Lipinski definition) is 0. The van der Waals surface area contributed by atoms with Gasteiger partial charge in [-0.25, -0.2) is 4.39 Å². The highest BCUT2D eigenvalue weighted by Crippen LogP contribution is 2.10. The second kappa shape index (κ2) is 4.79. The Labute approximate surface area is 98.7 Å². The lowest BCUT2D eigenvalue weighted by molar-refractivity contribution is 0.0625. The quantitative estimate of drug-likeness (QED) is 0.725. The van der Waals surface area contributed by atoms with E-state index in [0.717, 1.165) is 0 Å². The maximum absolute atomic E-state index is 12.6. The third-order valence-electron chi connectivity index (χ3n) is 2.97. The predicted molar refractivity (Wildman–Crippen MR) is 62.0 cm³/mol. The molecule has 0 aromatic carbocycles. The summed E-state index contributed by atoms with van der Waals surface area (Å²) >= 11 is 0. The fourth-order valence-electron chi connectivity index (χ4n) is 1.92. The van der Waals surface area contributed by atoms with E-state index in [0.29, 0.717) is 26.2 Å². The number of alkyl halides is 1. The minimum atomic E-state index is -0.727. The fourth-order valence-corrected chi connectivity index (χ4v) is 1.92. The Kier molecular flexibility index (Phi) is 3.38. The van der Waals surface area contributed by atoms with Crippen LogP contribution in [0.25, 0.3) is 0 Å². The number of halogens is 1. The minimum absolute atomic E-state index is 0.208. The molecular formula is C12H15FN2O2. The van der Waals surface area contributed by atoms with E-state index in [-0.39, 0.29) is 16.9 Å². The van der Waals surface area contributed by atoms with Crippen molar-refractivity contribution < 1.29 is 9.18 Å². The lowest BCUT2D eigenvalue weighted by Gasteiger charge is -2.34. The molecule has 1 aliphatic heterocycles. The minimum Gasteiger partial charge on any atom is -0.314 e. The van der Waals surface area contributed by atoms with Crippen molar-refractivity contribution in [2.24, 2.45) is 0 Å². The second-order valence-corrected chi connectivity index (χ2v) is 4.33. The molecule has 2 rings (SSSR count). The molecule has 1 saturated heterocycles. The monoisotopic (exact) mass is 238 g/mol. The highest BCUT2D eigenvalue weighted by atomic mass is 19.1. The molecule has 0 aliphatic carbocycles. The van der Waals surface area contributed by atoms with Crippen LogP contribution in [0.15, 0.2) is 23.1 Å². The highest BCUT2D eigenvalue weighted by molar-refractivity contribution is 5.93. The number of aromatic nitrogens is 1. The van der Waals surface area contributed by atoms with Gasteiger partial charge in [-0.15, -0.1) is 0 Å². The average molecular weight is 238 g/mol. The summed E-state index contributed by atoms with van der Waals surface area (Å²) in [4.78, 5) is 25.0. The first-order chi connectivity index (χ1) is 8.08. The molecule has 5 heteroatoms. The molecule has 0 radical (unpaired) electrons. The molecule has 4 nitrogen and oxygen atoms in total. The van der Waals surface area contributed by atoms with Crippen LogP contribution in [0.3, 0.4) is 0 Å². The molecular weight excluding hydrogens is 223 g/mol. The van der Waals surface area contributed by atoms with Crippen LogP contribution < -0.4 is 5.56 Å². The van der Waals surface area contributed by atoms with Gasteiger partial charge in [0.05, 0.1) is 5.56 Å². The molecule has 0 bridgehead atoms. The third-order valence-corrected chi connectivity index (χ3v) is 2.97. The first kappa shape index (κ1) is 12.0. The third kappa shape index (κ3) is 2.61. The lowest BCUT2D eigenvalue weighted by atomic mass is 10.2. The zero-order valence-electron chi connectivity index (χ0n) is 9.73. The summed E-state index contributed by atoms with van der Waals surface area (Å²) in [7, 11) is 0. The molecule has 0 amide bonds. The molecule has 92 valence electrons. The zero-order valence-corrected chi connectivity index (χ0v) is 9.73. The maximum Gasteiger partial charge on any atom is 0.261 e. The summed E-state index contributed by atoms with van der Waals surface area (Å²) in [5, 5.41) is 0. The molecule has 2 heterocycles. The van der Waals surface area contributed by atoms with E-state index in [1.807, 2.05) is 4.90 Å². The topological polar surface area (TPSA) is 42.3 Å². The van der Waals surface area contributed by atoms with Gasteiger partial charge in [0.1, 0.15) is 6.17 Å². The highest BCUT2D eigenvalue weighted by Gasteiger charge is 2.25. The van der Waals surface area contributed by atoms with Crippen molar-refractivity contribution in [3.05, 3.63) is 34.2 Å². The van der Waals surface area contributed by atoms with Gasteiger partial charge in [-0.2, -0.15) is 0 Å². The van der Waals surface area contributed by atoms with Crippen LogP contribution >= 0.6 is 0 Å². The van der Waals surface area contributed by atoms with Crippen molar-refractivity contribution in [3.8, 4) is 0 Å². The first-order valence-corrected chi connectivity index (χ1v) is 5.65. The van der Waals surface area contributed by atoms with Crippen LogP contribution in [0.1, 0.15) is 17.3 Å². The number of nitrogens with zero attached hydrogens (tertiary/aromatic N) is 2. The van der Waals surface area contributed by atoms with Crippen molar-refractivity contribution >= 4 is 5.78 Å². The number of carbonyl (C=O) groups is 1. The van der Waals surface area contributed by atoms with Gasteiger partial charge in [0, 0.05) is 32.4 Å². The van der Waals surface area contributed by atoms with Crippen molar-refractivity contribution in [2.45, 2.75) is 19.6 Å². The van der Waals surface area contributed by atoms with Crippen LogP contribution in [0.2, 0.25) is 0 Å². The zero-order chi connectivity index (χ0) is 12.4. The molecule has 0 spiro atoms.